The van der Waals surface area contributed by atoms with Crippen LogP contribution in [0.25, 0.3) is 0 Å². The van der Waals surface area contributed by atoms with Crippen molar-refractivity contribution >= 4 is 17.4 Å². The summed E-state index contributed by atoms with van der Waals surface area (Å²) in [5, 5.41) is 3.38. The normalized spacial score (nSPS) is 16.1. The molecule has 1 N–H and O–H groups in total. The molecule has 0 aromatic heterocycles. The number of hydrogen-bond donors (Lipinski definition) is 1. The third-order valence-corrected chi connectivity index (χ3v) is 3.33. The van der Waals surface area contributed by atoms with E-state index in [0.29, 0.717) is 6.61 Å². The maximum Gasteiger partial charge on any atom is 0.327 e. The molecule has 0 spiro atoms. The molecule has 0 fully saturated rings. The highest BCUT2D eigenvalue weighted by atomic mass is 16.5. The largest absolute Gasteiger partial charge is 0.497 e. The Bertz CT molecular complexity index is 562. The summed E-state index contributed by atoms with van der Waals surface area (Å²) in [6.45, 7) is 2.28. The number of benzene rings is 1. The maximum absolute atomic E-state index is 11.3. The van der Waals surface area contributed by atoms with Crippen LogP contribution in [0.5, 0.6) is 5.75 Å². The predicted molar refractivity (Wildman–Crippen MR) is 87.5 cm³/mol. The van der Waals surface area contributed by atoms with Gasteiger partial charge in [-0.1, -0.05) is 0 Å². The molecule has 2 rings (SSSR count). The molecule has 1 aromatic carbocycles. The van der Waals surface area contributed by atoms with Crippen LogP contribution in [0.3, 0.4) is 0 Å². The van der Waals surface area contributed by atoms with Gasteiger partial charge in [-0.15, -0.1) is 0 Å². The fourth-order valence-electron chi connectivity index (χ4n) is 2.26. The van der Waals surface area contributed by atoms with Crippen molar-refractivity contribution in [2.75, 3.05) is 25.6 Å². The summed E-state index contributed by atoms with van der Waals surface area (Å²) in [4.78, 5) is 15.7. The van der Waals surface area contributed by atoms with Crippen LogP contribution in [0.15, 0.2) is 41.0 Å². The highest BCUT2D eigenvalue weighted by Gasteiger charge is 2.10. The molecular weight excluding hydrogens is 280 g/mol. The van der Waals surface area contributed by atoms with Crippen molar-refractivity contribution in [3.63, 3.8) is 0 Å². The number of esters is 1. The number of anilines is 1. The van der Waals surface area contributed by atoms with Crippen molar-refractivity contribution in [2.24, 2.45) is 4.99 Å². The highest BCUT2D eigenvalue weighted by Crippen LogP contribution is 2.21. The number of allylic oxidation sites excluding steroid dienone is 2. The Morgan fingerprint density at radius 3 is 2.73 bits per heavy atom. The van der Waals surface area contributed by atoms with Gasteiger partial charge in [0.2, 0.25) is 0 Å². The molecule has 5 nitrogen and oxygen atoms in total. The van der Waals surface area contributed by atoms with Crippen molar-refractivity contribution in [1.82, 2.24) is 0 Å². The third-order valence-electron chi connectivity index (χ3n) is 3.33. The molecule has 0 radical (unpaired) electrons. The SMILES string of the molecule is CCOC(=O)CN=C1C=C(Nc2ccc(OC)cc2)CCC1. The topological polar surface area (TPSA) is 59.9 Å². The summed E-state index contributed by atoms with van der Waals surface area (Å²) in [7, 11) is 1.65. The molecule has 5 heteroatoms. The number of nitrogens with one attached hydrogen (secondary N) is 1. The quantitative estimate of drug-likeness (QED) is 0.820. The lowest BCUT2D eigenvalue weighted by Gasteiger charge is -2.16. The third kappa shape index (κ3) is 4.91. The van der Waals surface area contributed by atoms with Crippen LogP contribution in [0.4, 0.5) is 5.69 Å². The van der Waals surface area contributed by atoms with Crippen molar-refractivity contribution in [3.05, 3.63) is 36.0 Å². The Hall–Kier alpha value is -2.30. The second kappa shape index (κ2) is 8.22. The molecule has 0 heterocycles. The van der Waals surface area contributed by atoms with Crippen molar-refractivity contribution in [1.29, 1.82) is 0 Å². The Morgan fingerprint density at radius 1 is 1.27 bits per heavy atom. The number of nitrogens with zero attached hydrogens (tertiary/aromatic N) is 1. The van der Waals surface area contributed by atoms with Crippen molar-refractivity contribution in [3.8, 4) is 5.75 Å². The summed E-state index contributed by atoms with van der Waals surface area (Å²) < 4.78 is 10.0. The van der Waals surface area contributed by atoms with Gasteiger partial charge in [0, 0.05) is 17.1 Å². The van der Waals surface area contributed by atoms with Crippen LogP contribution >= 0.6 is 0 Å². The number of aliphatic imine (C=N–C) groups is 1. The standard InChI is InChI=1S/C17H22N2O3/c1-3-22-17(20)12-18-14-5-4-6-15(11-14)19-13-7-9-16(21-2)10-8-13/h7-11,19H,3-6,12H2,1-2H3. The molecule has 0 atom stereocenters. The smallest absolute Gasteiger partial charge is 0.327 e. The average molecular weight is 302 g/mol. The second-order valence-electron chi connectivity index (χ2n) is 4.99. The summed E-state index contributed by atoms with van der Waals surface area (Å²) in [6.07, 6.45) is 4.92. The van der Waals surface area contributed by atoms with E-state index in [-0.39, 0.29) is 12.5 Å². The molecule has 1 aliphatic rings. The highest BCUT2D eigenvalue weighted by molar-refractivity contribution is 5.97. The average Bonchev–Trinajstić information content (AvgIpc) is 2.54. The Morgan fingerprint density at radius 2 is 2.05 bits per heavy atom. The minimum atomic E-state index is -0.279. The van der Waals surface area contributed by atoms with Gasteiger partial charge in [0.15, 0.2) is 0 Å². The van der Waals surface area contributed by atoms with Gasteiger partial charge >= 0.3 is 5.97 Å². The van der Waals surface area contributed by atoms with Gasteiger partial charge in [0.05, 0.1) is 13.7 Å². The van der Waals surface area contributed by atoms with Gasteiger partial charge in [0.25, 0.3) is 0 Å². The fraction of sp³-hybridized carbons (Fsp3) is 0.412. The summed E-state index contributed by atoms with van der Waals surface area (Å²) in [5.74, 6) is 0.554. The van der Waals surface area contributed by atoms with E-state index < -0.39 is 0 Å². The number of hydrogen-bond acceptors (Lipinski definition) is 5. The zero-order chi connectivity index (χ0) is 15.8. The number of carbonyl (C=O) groups is 1. The Balaban J connectivity index is 1.97. The summed E-state index contributed by atoms with van der Waals surface area (Å²) in [6, 6.07) is 7.79. The molecule has 0 aliphatic heterocycles. The van der Waals surface area contributed by atoms with E-state index in [1.807, 2.05) is 30.3 Å². The van der Waals surface area contributed by atoms with Gasteiger partial charge in [0.1, 0.15) is 12.3 Å². The van der Waals surface area contributed by atoms with E-state index in [0.717, 1.165) is 42.1 Å². The van der Waals surface area contributed by atoms with Gasteiger partial charge < -0.3 is 14.8 Å². The molecule has 1 aliphatic carbocycles. The molecule has 0 unspecified atom stereocenters. The number of carbonyl (C=O) groups excluding carboxylic acids is 1. The zero-order valence-electron chi connectivity index (χ0n) is 13.1. The van der Waals surface area contributed by atoms with Crippen LogP contribution in [0, 0.1) is 0 Å². The summed E-state index contributed by atoms with van der Waals surface area (Å²) >= 11 is 0. The predicted octanol–water partition coefficient (Wildman–Crippen LogP) is 3.18. The van der Waals surface area contributed by atoms with E-state index in [1.165, 1.54) is 0 Å². The van der Waals surface area contributed by atoms with Gasteiger partial charge in [-0.2, -0.15) is 0 Å². The van der Waals surface area contributed by atoms with Gasteiger partial charge in [-0.05, 0) is 56.5 Å². The fourth-order valence-corrected chi connectivity index (χ4v) is 2.26. The first-order chi connectivity index (χ1) is 10.7. The molecule has 1 aromatic rings. The van der Waals surface area contributed by atoms with Crippen LogP contribution in [-0.4, -0.2) is 31.9 Å². The first kappa shape index (κ1) is 16.1. The van der Waals surface area contributed by atoms with E-state index in [4.69, 9.17) is 9.47 Å². The van der Waals surface area contributed by atoms with Gasteiger partial charge in [-0.25, -0.2) is 0 Å². The molecule has 22 heavy (non-hydrogen) atoms. The Kier molecular flexibility index (Phi) is 6.01. The van der Waals surface area contributed by atoms with Crippen LogP contribution in [-0.2, 0) is 9.53 Å². The second-order valence-corrected chi connectivity index (χ2v) is 4.99. The maximum atomic E-state index is 11.3. The van der Waals surface area contributed by atoms with Crippen molar-refractivity contribution in [2.45, 2.75) is 26.2 Å². The minimum Gasteiger partial charge on any atom is -0.497 e. The minimum absolute atomic E-state index is 0.0927. The molecule has 0 amide bonds. The van der Waals surface area contributed by atoms with Crippen molar-refractivity contribution < 1.29 is 14.3 Å². The van der Waals surface area contributed by atoms with E-state index in [9.17, 15) is 4.79 Å². The lowest BCUT2D eigenvalue weighted by molar-refractivity contribution is -0.141. The van der Waals surface area contributed by atoms with Crippen LogP contribution in [0.1, 0.15) is 26.2 Å². The van der Waals surface area contributed by atoms with E-state index in [2.05, 4.69) is 10.3 Å². The number of ether oxygens (including phenoxy) is 2. The molecule has 0 saturated carbocycles. The lowest BCUT2D eigenvalue weighted by Crippen LogP contribution is -2.13. The first-order valence-electron chi connectivity index (χ1n) is 7.52. The molecule has 0 saturated heterocycles. The first-order valence-corrected chi connectivity index (χ1v) is 7.52. The molecule has 0 bridgehead atoms. The zero-order valence-corrected chi connectivity index (χ0v) is 13.1. The summed E-state index contributed by atoms with van der Waals surface area (Å²) in [5.41, 5.74) is 3.06. The number of methoxy groups -OCH3 is 1. The van der Waals surface area contributed by atoms with Crippen LogP contribution < -0.4 is 10.1 Å². The number of rotatable bonds is 6. The molecular formula is C17H22N2O3. The lowest BCUT2D eigenvalue weighted by atomic mass is 10.0. The van der Waals surface area contributed by atoms with Gasteiger partial charge in [-0.3, -0.25) is 9.79 Å². The Labute approximate surface area is 131 Å². The van der Waals surface area contributed by atoms with E-state index in [1.54, 1.807) is 14.0 Å². The molecule has 118 valence electrons. The monoisotopic (exact) mass is 302 g/mol. The van der Waals surface area contributed by atoms with Crippen LogP contribution in [0.2, 0.25) is 0 Å². The van der Waals surface area contributed by atoms with E-state index >= 15 is 0 Å².